The first kappa shape index (κ1) is 13.7. The highest BCUT2D eigenvalue weighted by atomic mass is 35.5. The van der Waals surface area contributed by atoms with Gasteiger partial charge < -0.3 is 9.84 Å². The van der Waals surface area contributed by atoms with Crippen LogP contribution in [0.1, 0.15) is 57.6 Å². The van der Waals surface area contributed by atoms with Gasteiger partial charge in [0.25, 0.3) is 0 Å². The van der Waals surface area contributed by atoms with E-state index in [1.54, 1.807) is 0 Å². The van der Waals surface area contributed by atoms with Crippen molar-refractivity contribution in [1.82, 2.24) is 0 Å². The van der Waals surface area contributed by atoms with Crippen LogP contribution in [0.15, 0.2) is 18.2 Å². The van der Waals surface area contributed by atoms with E-state index in [4.69, 9.17) is 16.3 Å². The minimum Gasteiger partial charge on any atom is -0.487 e. The Bertz CT molecular complexity index is 411. The van der Waals surface area contributed by atoms with Crippen LogP contribution in [0.2, 0.25) is 5.02 Å². The molecule has 0 unspecified atom stereocenters. The normalized spacial score (nSPS) is 21.2. The van der Waals surface area contributed by atoms with E-state index in [9.17, 15) is 5.11 Å². The van der Waals surface area contributed by atoms with Crippen molar-refractivity contribution < 1.29 is 9.84 Å². The molecule has 0 aliphatic carbocycles. The Kier molecular flexibility index (Phi) is 4.18. The van der Waals surface area contributed by atoms with Crippen molar-refractivity contribution in [2.24, 2.45) is 0 Å². The molecule has 1 aliphatic heterocycles. The number of ether oxygens (including phenoxy) is 1. The highest BCUT2D eigenvalue weighted by Crippen LogP contribution is 2.44. The highest BCUT2D eigenvalue weighted by molar-refractivity contribution is 6.30. The number of hydrogen-bond acceptors (Lipinski definition) is 2. The van der Waals surface area contributed by atoms with Gasteiger partial charge in [-0.15, -0.1) is 0 Å². The van der Waals surface area contributed by atoms with Gasteiger partial charge in [-0.3, -0.25) is 0 Å². The first-order valence-electron chi connectivity index (χ1n) is 6.77. The van der Waals surface area contributed by atoms with Crippen LogP contribution in [0.5, 0.6) is 5.75 Å². The van der Waals surface area contributed by atoms with E-state index < -0.39 is 6.10 Å². The van der Waals surface area contributed by atoms with Gasteiger partial charge in [-0.2, -0.15) is 0 Å². The zero-order valence-electron chi connectivity index (χ0n) is 11.1. The van der Waals surface area contributed by atoms with Crippen molar-refractivity contribution in [3.05, 3.63) is 28.8 Å². The number of halogens is 1. The summed E-state index contributed by atoms with van der Waals surface area (Å²) in [6, 6.07) is 5.50. The zero-order valence-corrected chi connectivity index (χ0v) is 11.8. The first-order chi connectivity index (χ1) is 8.60. The Morgan fingerprint density at radius 2 is 2.00 bits per heavy atom. The van der Waals surface area contributed by atoms with Gasteiger partial charge in [-0.1, -0.05) is 38.3 Å². The van der Waals surface area contributed by atoms with Gasteiger partial charge in [0.1, 0.15) is 11.4 Å². The monoisotopic (exact) mass is 268 g/mol. The molecular formula is C15H21ClO2. The summed E-state index contributed by atoms with van der Waals surface area (Å²) in [7, 11) is 0. The Hall–Kier alpha value is -0.730. The molecule has 3 heteroatoms. The van der Waals surface area contributed by atoms with Crippen LogP contribution in [-0.2, 0) is 0 Å². The number of rotatable bonds is 4. The molecule has 0 bridgehead atoms. The molecular weight excluding hydrogens is 248 g/mol. The second-order valence-electron chi connectivity index (χ2n) is 5.19. The van der Waals surface area contributed by atoms with Crippen molar-refractivity contribution in [2.45, 2.75) is 57.7 Å². The summed E-state index contributed by atoms with van der Waals surface area (Å²) < 4.78 is 6.21. The second-order valence-corrected chi connectivity index (χ2v) is 5.62. The fraction of sp³-hybridized carbons (Fsp3) is 0.600. The minimum atomic E-state index is -0.467. The van der Waals surface area contributed by atoms with Gasteiger partial charge >= 0.3 is 0 Å². The minimum absolute atomic E-state index is 0.205. The largest absolute Gasteiger partial charge is 0.487 e. The molecule has 0 spiro atoms. The third-order valence-electron chi connectivity index (χ3n) is 3.63. The third-order valence-corrected chi connectivity index (χ3v) is 3.87. The quantitative estimate of drug-likeness (QED) is 0.871. The number of aliphatic hydroxyl groups is 1. The van der Waals surface area contributed by atoms with Crippen LogP contribution < -0.4 is 4.74 Å². The standard InChI is InChI=1S/C15H21ClO2/c1-3-7-15(8-4-2)10-13(17)12-9-11(16)5-6-14(12)18-15/h5-6,9,13,17H,3-4,7-8,10H2,1-2H3/t13-/m0/s1. The molecule has 100 valence electrons. The van der Waals surface area contributed by atoms with Crippen LogP contribution in [-0.4, -0.2) is 10.7 Å². The van der Waals surface area contributed by atoms with E-state index in [1.807, 2.05) is 18.2 Å². The molecule has 1 aliphatic rings. The molecule has 1 aromatic rings. The average Bonchev–Trinajstić information content (AvgIpc) is 2.31. The van der Waals surface area contributed by atoms with Gasteiger partial charge in [0.2, 0.25) is 0 Å². The molecule has 2 nitrogen and oxygen atoms in total. The second kappa shape index (κ2) is 5.50. The number of fused-ring (bicyclic) bond motifs is 1. The van der Waals surface area contributed by atoms with Crippen LogP contribution in [0.4, 0.5) is 0 Å². The van der Waals surface area contributed by atoms with Gasteiger partial charge in [0.05, 0.1) is 6.10 Å². The number of aliphatic hydroxyl groups excluding tert-OH is 1. The van der Waals surface area contributed by atoms with Crippen LogP contribution in [0, 0.1) is 0 Å². The van der Waals surface area contributed by atoms with Crippen LogP contribution in [0.25, 0.3) is 0 Å². The van der Waals surface area contributed by atoms with Gasteiger partial charge in [-0.05, 0) is 31.0 Å². The summed E-state index contributed by atoms with van der Waals surface area (Å²) in [6.07, 6.45) is 4.30. The van der Waals surface area contributed by atoms with Gasteiger partial charge in [-0.25, -0.2) is 0 Å². The first-order valence-corrected chi connectivity index (χ1v) is 7.14. The lowest BCUT2D eigenvalue weighted by Crippen LogP contribution is -2.41. The maximum atomic E-state index is 10.3. The lowest BCUT2D eigenvalue weighted by molar-refractivity contribution is -0.0267. The van der Waals surface area contributed by atoms with E-state index in [1.165, 1.54) is 0 Å². The molecule has 1 N–H and O–H groups in total. The Balaban J connectivity index is 2.32. The summed E-state index contributed by atoms with van der Waals surface area (Å²) >= 11 is 5.97. The number of benzene rings is 1. The summed E-state index contributed by atoms with van der Waals surface area (Å²) in [6.45, 7) is 4.31. The molecule has 0 saturated heterocycles. The van der Waals surface area contributed by atoms with Crippen molar-refractivity contribution in [3.8, 4) is 5.75 Å². The summed E-state index contributed by atoms with van der Waals surface area (Å²) in [5, 5.41) is 11.0. The summed E-state index contributed by atoms with van der Waals surface area (Å²) in [5.41, 5.74) is 0.620. The Labute approximate surface area is 114 Å². The molecule has 1 heterocycles. The predicted molar refractivity (Wildman–Crippen MR) is 74.2 cm³/mol. The number of hydrogen-bond donors (Lipinski definition) is 1. The molecule has 2 rings (SSSR count). The Morgan fingerprint density at radius 1 is 1.33 bits per heavy atom. The predicted octanol–water partition coefficient (Wildman–Crippen LogP) is 4.49. The fourth-order valence-corrected chi connectivity index (χ4v) is 3.13. The van der Waals surface area contributed by atoms with E-state index >= 15 is 0 Å². The Morgan fingerprint density at radius 3 is 2.61 bits per heavy atom. The fourth-order valence-electron chi connectivity index (χ4n) is 2.95. The zero-order chi connectivity index (χ0) is 13.2. The SMILES string of the molecule is CCCC1(CCC)C[C@H](O)c2cc(Cl)ccc2O1. The van der Waals surface area contributed by atoms with E-state index in [2.05, 4.69) is 13.8 Å². The molecule has 1 aromatic carbocycles. The molecule has 0 saturated carbocycles. The summed E-state index contributed by atoms with van der Waals surface area (Å²) in [5.74, 6) is 0.792. The lowest BCUT2D eigenvalue weighted by atomic mass is 9.82. The highest BCUT2D eigenvalue weighted by Gasteiger charge is 2.39. The van der Waals surface area contributed by atoms with Crippen molar-refractivity contribution >= 4 is 11.6 Å². The maximum Gasteiger partial charge on any atom is 0.126 e. The van der Waals surface area contributed by atoms with Crippen LogP contribution >= 0.6 is 11.6 Å². The van der Waals surface area contributed by atoms with Gasteiger partial charge in [0, 0.05) is 17.0 Å². The molecule has 0 aromatic heterocycles. The van der Waals surface area contributed by atoms with E-state index in [-0.39, 0.29) is 5.60 Å². The lowest BCUT2D eigenvalue weighted by Gasteiger charge is -2.41. The summed E-state index contributed by atoms with van der Waals surface area (Å²) in [4.78, 5) is 0. The van der Waals surface area contributed by atoms with Crippen LogP contribution in [0.3, 0.4) is 0 Å². The molecule has 0 amide bonds. The molecule has 18 heavy (non-hydrogen) atoms. The van der Waals surface area contributed by atoms with Crippen molar-refractivity contribution in [3.63, 3.8) is 0 Å². The molecule has 1 atom stereocenters. The van der Waals surface area contributed by atoms with Crippen molar-refractivity contribution in [1.29, 1.82) is 0 Å². The third kappa shape index (κ3) is 2.65. The van der Waals surface area contributed by atoms with Gasteiger partial charge in [0.15, 0.2) is 0 Å². The van der Waals surface area contributed by atoms with E-state index in [0.29, 0.717) is 11.4 Å². The smallest absolute Gasteiger partial charge is 0.126 e. The molecule has 0 fully saturated rings. The molecule has 0 radical (unpaired) electrons. The topological polar surface area (TPSA) is 29.5 Å². The van der Waals surface area contributed by atoms with E-state index in [0.717, 1.165) is 37.0 Å². The van der Waals surface area contributed by atoms with Crippen molar-refractivity contribution in [2.75, 3.05) is 0 Å². The maximum absolute atomic E-state index is 10.3. The average molecular weight is 269 g/mol.